The minimum atomic E-state index is -4.87. The van der Waals surface area contributed by atoms with Crippen molar-refractivity contribution in [1.82, 2.24) is 0 Å². The van der Waals surface area contributed by atoms with Crippen molar-refractivity contribution < 1.29 is 57.3 Å². The number of allylic oxidation sites excluding steroid dienone is 5. The number of aliphatic hydroxyl groups excluding tert-OH is 3. The normalized spacial score (nSPS) is 38.7. The summed E-state index contributed by atoms with van der Waals surface area (Å²) in [6.45, 7) is 7.62. The predicted octanol–water partition coefficient (Wildman–Crippen LogP) is 4.11. The molecule has 43 heavy (non-hydrogen) atoms. The second-order valence-corrected chi connectivity index (χ2v) is 11.8. The monoisotopic (exact) mass is 620 g/mol. The molecule has 1 saturated heterocycles. The topological polar surface area (TPSA) is 135 Å². The first-order chi connectivity index (χ1) is 19.9. The van der Waals surface area contributed by atoms with Crippen LogP contribution in [0.1, 0.15) is 60.3 Å². The van der Waals surface area contributed by atoms with E-state index in [0.29, 0.717) is 24.8 Å². The van der Waals surface area contributed by atoms with Gasteiger partial charge < -0.3 is 39.4 Å². The molecule has 2 aliphatic heterocycles. The highest BCUT2D eigenvalue weighted by molar-refractivity contribution is 5.87. The number of hydrogen-bond donors (Lipinski definition) is 4. The summed E-state index contributed by atoms with van der Waals surface area (Å²) >= 11 is 0. The Hall–Kier alpha value is -2.22. The van der Waals surface area contributed by atoms with Gasteiger partial charge in [-0.1, -0.05) is 56.2 Å². The quantitative estimate of drug-likeness (QED) is 0.324. The van der Waals surface area contributed by atoms with Gasteiger partial charge in [0, 0.05) is 31.3 Å². The van der Waals surface area contributed by atoms with Crippen LogP contribution in [0.4, 0.5) is 13.2 Å². The Bertz CT molecular complexity index is 1050. The Morgan fingerprint density at radius 1 is 1.16 bits per heavy atom. The molecule has 0 saturated carbocycles. The number of alkyl halides is 3. The molecule has 0 aliphatic carbocycles. The number of esters is 1. The van der Waals surface area contributed by atoms with Crippen molar-refractivity contribution in [2.75, 3.05) is 14.2 Å². The summed E-state index contributed by atoms with van der Waals surface area (Å²) in [5.41, 5.74) is 1.61. The van der Waals surface area contributed by atoms with Gasteiger partial charge in [0.1, 0.15) is 12.2 Å². The molecule has 2 aliphatic rings. The predicted molar refractivity (Wildman–Crippen MR) is 152 cm³/mol. The lowest BCUT2D eigenvalue weighted by atomic mass is 9.77. The van der Waals surface area contributed by atoms with Crippen molar-refractivity contribution in [3.63, 3.8) is 0 Å². The maximum atomic E-state index is 13.7. The number of hydrogen-bond acceptors (Lipinski definition) is 9. The van der Waals surface area contributed by atoms with Crippen LogP contribution in [-0.4, -0.2) is 89.2 Å². The van der Waals surface area contributed by atoms with Crippen molar-refractivity contribution in [2.45, 2.75) is 109 Å². The molecule has 1 fully saturated rings. The Labute approximate surface area is 251 Å². The van der Waals surface area contributed by atoms with Crippen molar-refractivity contribution in [3.05, 3.63) is 47.3 Å². The molecule has 1 unspecified atom stereocenters. The molecule has 4 N–H and O–H groups in total. The molecule has 0 bridgehead atoms. The molecule has 0 spiro atoms. The van der Waals surface area contributed by atoms with Crippen LogP contribution < -0.4 is 0 Å². The average molecular weight is 621 g/mol. The number of methoxy groups -OCH3 is 2. The Balaban J connectivity index is 2.48. The molecular weight excluding hydrogens is 573 g/mol. The number of carbonyl (C=O) groups excluding carboxylic acids is 1. The number of aliphatic hydroxyl groups is 4. The maximum Gasteiger partial charge on any atom is 0.415 e. The van der Waals surface area contributed by atoms with Gasteiger partial charge >= 0.3 is 12.1 Å². The van der Waals surface area contributed by atoms with Crippen molar-refractivity contribution in [3.8, 4) is 0 Å². The highest BCUT2D eigenvalue weighted by atomic mass is 19.4. The van der Waals surface area contributed by atoms with Crippen molar-refractivity contribution in [1.29, 1.82) is 0 Å². The van der Waals surface area contributed by atoms with Gasteiger partial charge in [0.25, 0.3) is 0 Å². The van der Waals surface area contributed by atoms with Crippen LogP contribution in [0, 0.1) is 17.8 Å². The van der Waals surface area contributed by atoms with E-state index >= 15 is 0 Å². The molecule has 2 heterocycles. The fraction of sp³-hybridized carbons (Fsp3) is 0.710. The summed E-state index contributed by atoms with van der Waals surface area (Å²) in [5.74, 6) is -7.30. The van der Waals surface area contributed by atoms with Gasteiger partial charge in [-0.3, -0.25) is 0 Å². The van der Waals surface area contributed by atoms with E-state index < -0.39 is 78.7 Å². The van der Waals surface area contributed by atoms with Gasteiger partial charge in [-0.25, -0.2) is 4.79 Å². The molecule has 0 aromatic carbocycles. The maximum absolute atomic E-state index is 13.7. The summed E-state index contributed by atoms with van der Waals surface area (Å²) in [4.78, 5) is 13.3. The van der Waals surface area contributed by atoms with Crippen LogP contribution in [0.2, 0.25) is 0 Å². The highest BCUT2D eigenvalue weighted by Gasteiger charge is 2.58. The Morgan fingerprint density at radius 3 is 2.40 bits per heavy atom. The van der Waals surface area contributed by atoms with E-state index in [2.05, 4.69) is 0 Å². The highest BCUT2D eigenvalue weighted by Crippen LogP contribution is 2.44. The van der Waals surface area contributed by atoms with Crippen LogP contribution in [0.3, 0.4) is 0 Å². The Kier molecular flexibility index (Phi) is 13.5. The van der Waals surface area contributed by atoms with Crippen LogP contribution >= 0.6 is 0 Å². The second kappa shape index (κ2) is 15.7. The standard InChI is InChI=1S/C31H47F3O9/c1-17-9-8-10-24(40-6)27(42-29(38)25(41-7)15-18(2)12-14-22(35)13-11-17)20(4)26(37)21(5)30(39)16-23(36)19(3)28(43-30)31(32,33)34/h8-10,12,15,19-24,26-28,35-37,39H,11,13-14,16H2,1-7H3/b10-8+,17-9+,18-12+,25-15+/t19-,20-,21-,22-,23+,24?,26+,27+,28-,30+/m0/s1. The zero-order valence-corrected chi connectivity index (χ0v) is 25.9. The molecule has 0 aromatic rings. The van der Waals surface area contributed by atoms with Crippen LogP contribution in [0.5, 0.6) is 0 Å². The van der Waals surface area contributed by atoms with E-state index in [1.165, 1.54) is 41.1 Å². The molecule has 0 radical (unpaired) electrons. The van der Waals surface area contributed by atoms with Gasteiger partial charge in [0.05, 0.1) is 25.4 Å². The number of cyclic esters (lactones) is 1. The number of carbonyl (C=O) groups is 1. The van der Waals surface area contributed by atoms with Gasteiger partial charge in [-0.2, -0.15) is 13.2 Å². The smallest absolute Gasteiger partial charge is 0.415 e. The first-order valence-electron chi connectivity index (χ1n) is 14.5. The third-order valence-electron chi connectivity index (χ3n) is 8.40. The summed E-state index contributed by atoms with van der Waals surface area (Å²) in [7, 11) is 2.65. The van der Waals surface area contributed by atoms with Crippen LogP contribution in [0.25, 0.3) is 0 Å². The van der Waals surface area contributed by atoms with Crippen LogP contribution in [-0.2, 0) is 23.7 Å². The van der Waals surface area contributed by atoms with E-state index in [0.717, 1.165) is 5.57 Å². The van der Waals surface area contributed by atoms with E-state index in [4.69, 9.17) is 18.9 Å². The summed E-state index contributed by atoms with van der Waals surface area (Å²) in [5, 5.41) is 43.3. The third kappa shape index (κ3) is 9.89. The van der Waals surface area contributed by atoms with E-state index in [-0.39, 0.29) is 5.76 Å². The Morgan fingerprint density at radius 2 is 1.81 bits per heavy atom. The largest absolute Gasteiger partial charge is 0.490 e. The van der Waals surface area contributed by atoms with E-state index in [1.54, 1.807) is 25.2 Å². The number of ether oxygens (including phenoxy) is 4. The zero-order chi connectivity index (χ0) is 32.7. The molecule has 2 rings (SSSR count). The summed E-state index contributed by atoms with van der Waals surface area (Å²) in [6.07, 6.45) is -3.91. The first-order valence-corrected chi connectivity index (χ1v) is 14.5. The third-order valence-corrected chi connectivity index (χ3v) is 8.40. The van der Waals surface area contributed by atoms with Crippen LogP contribution in [0.15, 0.2) is 47.3 Å². The molecule has 0 amide bonds. The molecule has 12 heteroatoms. The lowest BCUT2D eigenvalue weighted by molar-refractivity contribution is -0.372. The zero-order valence-electron chi connectivity index (χ0n) is 25.9. The van der Waals surface area contributed by atoms with E-state index in [1.807, 2.05) is 13.0 Å². The van der Waals surface area contributed by atoms with Gasteiger partial charge in [-0.15, -0.1) is 0 Å². The van der Waals surface area contributed by atoms with Crippen molar-refractivity contribution >= 4 is 5.97 Å². The molecular formula is C31H47F3O9. The molecule has 246 valence electrons. The second-order valence-electron chi connectivity index (χ2n) is 11.8. The van der Waals surface area contributed by atoms with E-state index in [9.17, 15) is 38.4 Å². The summed E-state index contributed by atoms with van der Waals surface area (Å²) < 4.78 is 62.9. The SMILES string of the molecule is CO/C1=C/C(C)=C/C[C@@H](O)CC/C(C)=C/C=C/C(OC)[C@@H]([C@@H](C)[C@@H](O)[C@H](C)[C@@]2(O)C[C@@H](O)[C@H](C)[C@@H](C(F)(F)F)O2)OC1=O. The minimum Gasteiger partial charge on any atom is -0.490 e. The fourth-order valence-electron chi connectivity index (χ4n) is 5.33. The molecule has 9 nitrogen and oxygen atoms in total. The number of halogens is 3. The minimum absolute atomic E-state index is 0.163. The van der Waals surface area contributed by atoms with Gasteiger partial charge in [0.15, 0.2) is 11.9 Å². The summed E-state index contributed by atoms with van der Waals surface area (Å²) in [6, 6.07) is 0. The average Bonchev–Trinajstić information content (AvgIpc) is 2.94. The lowest BCUT2D eigenvalue weighted by Gasteiger charge is -2.48. The number of rotatable bonds is 6. The molecule has 10 atom stereocenters. The molecule has 0 aromatic heterocycles. The first kappa shape index (κ1) is 37.0. The fourth-order valence-corrected chi connectivity index (χ4v) is 5.33. The lowest BCUT2D eigenvalue weighted by Crippen LogP contribution is -2.61. The van der Waals surface area contributed by atoms with Gasteiger partial charge in [0.2, 0.25) is 5.76 Å². The van der Waals surface area contributed by atoms with Crippen molar-refractivity contribution in [2.24, 2.45) is 17.8 Å². The van der Waals surface area contributed by atoms with Gasteiger partial charge in [-0.05, 0) is 39.2 Å².